The number of anilines is 1. The molecule has 5 nitrogen and oxygen atoms in total. The maximum absolute atomic E-state index is 12.6. The van der Waals surface area contributed by atoms with Crippen molar-refractivity contribution in [2.24, 2.45) is 0 Å². The molecule has 1 atom stereocenters. The minimum Gasteiger partial charge on any atom is -0.338 e. The Bertz CT molecular complexity index is 612. The van der Waals surface area contributed by atoms with E-state index in [9.17, 15) is 9.59 Å². The number of aryl methyl sites for hydroxylation is 1. The molecule has 2 aliphatic heterocycles. The molecular formula is C18H25N3O2. The molecule has 5 heteroatoms. The number of likely N-dealkylation sites (tertiary alicyclic amines) is 2. The predicted octanol–water partition coefficient (Wildman–Crippen LogP) is 3.00. The van der Waals surface area contributed by atoms with Crippen LogP contribution in [-0.4, -0.2) is 47.4 Å². The normalized spacial score (nSPS) is 24.9. The highest BCUT2D eigenvalue weighted by molar-refractivity contribution is 5.89. The summed E-state index contributed by atoms with van der Waals surface area (Å²) in [4.78, 5) is 28.4. The molecule has 3 rings (SSSR count). The van der Waals surface area contributed by atoms with Crippen molar-refractivity contribution in [3.8, 4) is 0 Å². The third-order valence-electron chi connectivity index (χ3n) is 5.23. The van der Waals surface area contributed by atoms with Crippen LogP contribution >= 0.6 is 0 Å². The van der Waals surface area contributed by atoms with Crippen molar-refractivity contribution in [3.63, 3.8) is 0 Å². The molecule has 2 saturated heterocycles. The van der Waals surface area contributed by atoms with Crippen LogP contribution in [0.25, 0.3) is 0 Å². The van der Waals surface area contributed by atoms with Gasteiger partial charge in [0.2, 0.25) is 5.91 Å². The molecule has 3 amide bonds. The van der Waals surface area contributed by atoms with E-state index in [1.807, 2.05) is 48.0 Å². The lowest BCUT2D eigenvalue weighted by atomic mass is 9.80. The van der Waals surface area contributed by atoms with E-state index >= 15 is 0 Å². The van der Waals surface area contributed by atoms with Gasteiger partial charge in [-0.05, 0) is 50.3 Å². The first kappa shape index (κ1) is 15.8. The second kappa shape index (κ2) is 6.22. The van der Waals surface area contributed by atoms with Gasteiger partial charge in [-0.2, -0.15) is 0 Å². The Hall–Kier alpha value is -2.04. The molecule has 0 aliphatic carbocycles. The Morgan fingerprint density at radius 2 is 2.04 bits per heavy atom. The van der Waals surface area contributed by atoms with Crippen LogP contribution in [0.5, 0.6) is 0 Å². The lowest BCUT2D eigenvalue weighted by molar-refractivity contribution is -0.142. The molecule has 2 fully saturated rings. The Kier molecular flexibility index (Phi) is 4.28. The van der Waals surface area contributed by atoms with E-state index in [4.69, 9.17) is 0 Å². The summed E-state index contributed by atoms with van der Waals surface area (Å²) in [5.74, 6) is 0.206. The summed E-state index contributed by atoms with van der Waals surface area (Å²) in [7, 11) is 1.89. The molecule has 1 aromatic rings. The van der Waals surface area contributed by atoms with Gasteiger partial charge in [-0.3, -0.25) is 4.79 Å². The van der Waals surface area contributed by atoms with E-state index in [1.165, 1.54) is 0 Å². The zero-order valence-electron chi connectivity index (χ0n) is 14.0. The summed E-state index contributed by atoms with van der Waals surface area (Å²) >= 11 is 0. The van der Waals surface area contributed by atoms with Gasteiger partial charge in [0.15, 0.2) is 0 Å². The molecule has 2 heterocycles. The number of nitrogens with one attached hydrogen (secondary N) is 1. The Morgan fingerprint density at radius 1 is 1.26 bits per heavy atom. The molecule has 23 heavy (non-hydrogen) atoms. The van der Waals surface area contributed by atoms with Gasteiger partial charge in [-0.15, -0.1) is 0 Å². The fourth-order valence-electron chi connectivity index (χ4n) is 3.86. The van der Waals surface area contributed by atoms with Crippen LogP contribution in [0.1, 0.15) is 37.7 Å². The number of piperidine rings is 2. The van der Waals surface area contributed by atoms with Gasteiger partial charge in [0.25, 0.3) is 0 Å². The fraction of sp³-hybridized carbons (Fsp3) is 0.556. The van der Waals surface area contributed by atoms with Crippen molar-refractivity contribution < 1.29 is 9.59 Å². The van der Waals surface area contributed by atoms with E-state index in [2.05, 4.69) is 5.32 Å². The molecule has 1 aromatic carbocycles. The molecule has 1 N–H and O–H groups in total. The molecule has 0 radical (unpaired) electrons. The molecule has 0 saturated carbocycles. The molecule has 1 unspecified atom stereocenters. The van der Waals surface area contributed by atoms with E-state index < -0.39 is 0 Å². The Balaban J connectivity index is 1.70. The first-order valence-electron chi connectivity index (χ1n) is 8.39. The summed E-state index contributed by atoms with van der Waals surface area (Å²) in [5, 5.41) is 2.98. The van der Waals surface area contributed by atoms with Crippen LogP contribution < -0.4 is 5.32 Å². The zero-order chi connectivity index (χ0) is 16.4. The lowest BCUT2D eigenvalue weighted by Crippen LogP contribution is -2.62. The quantitative estimate of drug-likeness (QED) is 0.866. The third kappa shape index (κ3) is 3.19. The summed E-state index contributed by atoms with van der Waals surface area (Å²) in [6.07, 6.45) is 4.48. The molecule has 1 spiro atoms. The summed E-state index contributed by atoms with van der Waals surface area (Å²) in [5.41, 5.74) is 1.77. The standard InChI is InChI=1S/C18H25N3O2/c1-14-6-3-7-15(12-14)19-17(23)21-11-5-10-18(13-21)9-4-8-16(22)20(18)2/h3,6-7,12H,4-5,8-11,13H2,1-2H3,(H,19,23). The van der Waals surface area contributed by atoms with Crippen LogP contribution in [0, 0.1) is 6.92 Å². The number of rotatable bonds is 1. The predicted molar refractivity (Wildman–Crippen MR) is 90.4 cm³/mol. The minimum atomic E-state index is -0.169. The van der Waals surface area contributed by atoms with Gasteiger partial charge >= 0.3 is 6.03 Å². The van der Waals surface area contributed by atoms with Gasteiger partial charge in [-0.1, -0.05) is 12.1 Å². The van der Waals surface area contributed by atoms with Gasteiger partial charge in [-0.25, -0.2) is 4.79 Å². The summed E-state index contributed by atoms with van der Waals surface area (Å²) in [6, 6.07) is 7.75. The van der Waals surface area contributed by atoms with Crippen molar-refractivity contribution in [1.29, 1.82) is 0 Å². The van der Waals surface area contributed by atoms with Crippen molar-refractivity contribution in [2.45, 2.75) is 44.6 Å². The van der Waals surface area contributed by atoms with Gasteiger partial charge in [0, 0.05) is 32.2 Å². The number of nitrogens with zero attached hydrogens (tertiary/aromatic N) is 2. The van der Waals surface area contributed by atoms with Gasteiger partial charge in [0.1, 0.15) is 0 Å². The van der Waals surface area contributed by atoms with Gasteiger partial charge < -0.3 is 15.1 Å². The Morgan fingerprint density at radius 3 is 2.83 bits per heavy atom. The van der Waals surface area contributed by atoms with E-state index in [0.717, 1.165) is 43.5 Å². The lowest BCUT2D eigenvalue weighted by Gasteiger charge is -2.50. The molecular weight excluding hydrogens is 290 g/mol. The van der Waals surface area contributed by atoms with E-state index in [0.29, 0.717) is 13.0 Å². The first-order chi connectivity index (χ1) is 11.0. The third-order valence-corrected chi connectivity index (χ3v) is 5.23. The van der Waals surface area contributed by atoms with Crippen LogP contribution in [0.4, 0.5) is 10.5 Å². The maximum atomic E-state index is 12.6. The highest BCUT2D eigenvalue weighted by Gasteiger charge is 2.44. The number of likely N-dealkylation sites (N-methyl/N-ethyl adjacent to an activating group) is 1. The number of benzene rings is 1. The second-order valence-electron chi connectivity index (χ2n) is 6.86. The van der Waals surface area contributed by atoms with Crippen molar-refractivity contribution in [1.82, 2.24) is 9.80 Å². The second-order valence-corrected chi connectivity index (χ2v) is 6.86. The summed E-state index contributed by atoms with van der Waals surface area (Å²) < 4.78 is 0. The minimum absolute atomic E-state index is 0.0684. The fourth-order valence-corrected chi connectivity index (χ4v) is 3.86. The molecule has 0 aromatic heterocycles. The highest BCUT2D eigenvalue weighted by atomic mass is 16.2. The number of amides is 3. The van der Waals surface area contributed by atoms with Crippen LogP contribution in [0.3, 0.4) is 0 Å². The van der Waals surface area contributed by atoms with E-state index in [1.54, 1.807) is 0 Å². The van der Waals surface area contributed by atoms with E-state index in [-0.39, 0.29) is 17.5 Å². The molecule has 124 valence electrons. The molecule has 2 aliphatic rings. The SMILES string of the molecule is Cc1cccc(NC(=O)N2CCCC3(CCCC(=O)N3C)C2)c1. The number of hydrogen-bond donors (Lipinski definition) is 1. The maximum Gasteiger partial charge on any atom is 0.321 e. The number of carbonyl (C=O) groups is 2. The number of hydrogen-bond acceptors (Lipinski definition) is 2. The number of carbonyl (C=O) groups excluding carboxylic acids is 2. The molecule has 0 bridgehead atoms. The first-order valence-corrected chi connectivity index (χ1v) is 8.39. The smallest absolute Gasteiger partial charge is 0.321 e. The van der Waals surface area contributed by atoms with Crippen LogP contribution in [0.2, 0.25) is 0 Å². The van der Waals surface area contributed by atoms with Gasteiger partial charge in [0.05, 0.1) is 5.54 Å². The topological polar surface area (TPSA) is 52.7 Å². The average molecular weight is 315 g/mol. The van der Waals surface area contributed by atoms with Crippen LogP contribution in [-0.2, 0) is 4.79 Å². The van der Waals surface area contributed by atoms with Crippen molar-refractivity contribution >= 4 is 17.6 Å². The van der Waals surface area contributed by atoms with Crippen molar-refractivity contribution in [3.05, 3.63) is 29.8 Å². The summed E-state index contributed by atoms with van der Waals surface area (Å²) in [6.45, 7) is 3.39. The largest absolute Gasteiger partial charge is 0.338 e. The number of urea groups is 1. The van der Waals surface area contributed by atoms with Crippen molar-refractivity contribution in [2.75, 3.05) is 25.5 Å². The monoisotopic (exact) mass is 315 g/mol. The average Bonchev–Trinajstić information content (AvgIpc) is 2.53. The highest BCUT2D eigenvalue weighted by Crippen LogP contribution is 2.35. The zero-order valence-corrected chi connectivity index (χ0v) is 14.0. The van der Waals surface area contributed by atoms with Crippen LogP contribution in [0.15, 0.2) is 24.3 Å². The Labute approximate surface area is 137 Å².